The number of nitrogens with one attached hydrogen (secondary N) is 1. The number of aromatic nitrogens is 3. The molecule has 4 atom stereocenters. The Labute approximate surface area is 177 Å². The van der Waals surface area contributed by atoms with Gasteiger partial charge in [0.05, 0.1) is 24.3 Å². The van der Waals surface area contributed by atoms with Crippen LogP contribution in [0.4, 0.5) is 0 Å². The van der Waals surface area contributed by atoms with E-state index < -0.39 is 6.10 Å². The summed E-state index contributed by atoms with van der Waals surface area (Å²) in [7, 11) is 0. The van der Waals surface area contributed by atoms with Crippen molar-refractivity contribution in [2.75, 3.05) is 19.6 Å². The van der Waals surface area contributed by atoms with Gasteiger partial charge in [-0.1, -0.05) is 12.1 Å². The summed E-state index contributed by atoms with van der Waals surface area (Å²) in [6, 6.07) is -0.181. The van der Waals surface area contributed by atoms with Crippen molar-refractivity contribution in [3.63, 3.8) is 0 Å². The van der Waals surface area contributed by atoms with Gasteiger partial charge in [0.1, 0.15) is 11.6 Å². The molecule has 2 N–H and O–H groups in total. The Morgan fingerprint density at radius 3 is 2.73 bits per heavy atom. The van der Waals surface area contributed by atoms with E-state index in [1.165, 1.54) is 0 Å². The quantitative estimate of drug-likeness (QED) is 0.711. The first kappa shape index (κ1) is 21.1. The van der Waals surface area contributed by atoms with E-state index in [-0.39, 0.29) is 18.4 Å². The Morgan fingerprint density at radius 1 is 1.27 bits per heavy atom. The van der Waals surface area contributed by atoms with Crippen molar-refractivity contribution in [2.45, 2.75) is 65.1 Å². The zero-order valence-corrected chi connectivity index (χ0v) is 18.2. The molecule has 2 aromatic rings. The van der Waals surface area contributed by atoms with Crippen LogP contribution in [0.2, 0.25) is 0 Å². The third kappa shape index (κ3) is 4.44. The highest BCUT2D eigenvalue weighted by molar-refractivity contribution is 5.79. The van der Waals surface area contributed by atoms with Crippen LogP contribution >= 0.6 is 0 Å². The van der Waals surface area contributed by atoms with E-state index in [0.29, 0.717) is 17.6 Å². The lowest BCUT2D eigenvalue weighted by atomic mass is 9.77. The number of aliphatic hydroxyl groups excluding tert-OH is 1. The van der Waals surface area contributed by atoms with Crippen LogP contribution in [0.25, 0.3) is 0 Å². The molecule has 30 heavy (non-hydrogen) atoms. The summed E-state index contributed by atoms with van der Waals surface area (Å²) in [6.07, 6.45) is 6.21. The van der Waals surface area contributed by atoms with Crippen molar-refractivity contribution in [2.24, 2.45) is 11.8 Å². The van der Waals surface area contributed by atoms with E-state index in [4.69, 9.17) is 4.52 Å². The van der Waals surface area contributed by atoms with Gasteiger partial charge < -0.3 is 24.4 Å². The third-order valence-corrected chi connectivity index (χ3v) is 6.86. The maximum absolute atomic E-state index is 12.6. The van der Waals surface area contributed by atoms with Gasteiger partial charge in [-0.05, 0) is 38.5 Å². The van der Waals surface area contributed by atoms with Gasteiger partial charge in [-0.15, -0.1) is 0 Å². The molecule has 1 aliphatic carbocycles. The van der Waals surface area contributed by atoms with Crippen molar-refractivity contribution in [3.05, 3.63) is 35.2 Å². The molecule has 0 spiro atoms. The number of fused-ring (bicyclic) bond motifs is 1. The zero-order valence-electron chi connectivity index (χ0n) is 18.2. The number of carbonyl (C=O) groups is 1. The fourth-order valence-electron chi connectivity index (χ4n) is 5.15. The monoisotopic (exact) mass is 415 g/mol. The lowest BCUT2D eigenvalue weighted by Gasteiger charge is -2.35. The van der Waals surface area contributed by atoms with Crippen molar-refractivity contribution >= 4 is 5.91 Å². The minimum atomic E-state index is -0.486. The van der Waals surface area contributed by atoms with Gasteiger partial charge in [-0.25, -0.2) is 4.98 Å². The minimum absolute atomic E-state index is 0.0750. The predicted octanol–water partition coefficient (Wildman–Crippen LogP) is 1.48. The van der Waals surface area contributed by atoms with Gasteiger partial charge in [0.25, 0.3) is 0 Å². The third-order valence-electron chi connectivity index (χ3n) is 6.86. The van der Waals surface area contributed by atoms with Crippen LogP contribution in [-0.4, -0.2) is 62.4 Å². The Morgan fingerprint density at radius 2 is 2.03 bits per heavy atom. The van der Waals surface area contributed by atoms with E-state index in [9.17, 15) is 9.90 Å². The van der Waals surface area contributed by atoms with Gasteiger partial charge in [0.15, 0.2) is 0 Å². The number of amides is 1. The molecule has 2 fully saturated rings. The van der Waals surface area contributed by atoms with Crippen LogP contribution in [0.3, 0.4) is 0 Å². The lowest BCUT2D eigenvalue weighted by molar-refractivity contribution is -0.122. The number of aliphatic hydroxyl groups is 1. The SMILES string of the molecule is CCc1nccn1CCN1C[C@H]2C[C@H](O)[C@@H](NC(=O)Cc3c(C)noc3C)C[C@H]2C1. The standard InChI is InChI=1S/C22H33N5O3/c1-4-21-23-5-6-27(21)8-7-26-12-16-9-19(20(28)10-17(16)13-26)24-22(29)11-18-14(2)25-30-15(18)3/h5-6,16-17,19-20,28H,4,7-13H2,1-3H3,(H,24,29)/t16-,17+,19-,20-/m0/s1. The summed E-state index contributed by atoms with van der Waals surface area (Å²) < 4.78 is 7.38. The molecule has 0 aromatic carbocycles. The molecule has 0 unspecified atom stereocenters. The van der Waals surface area contributed by atoms with Gasteiger partial charge >= 0.3 is 0 Å². The predicted molar refractivity (Wildman–Crippen MR) is 112 cm³/mol. The number of hydrogen-bond acceptors (Lipinski definition) is 6. The highest BCUT2D eigenvalue weighted by Gasteiger charge is 2.42. The highest BCUT2D eigenvalue weighted by atomic mass is 16.5. The van der Waals surface area contributed by atoms with Crippen LogP contribution in [0.1, 0.15) is 42.6 Å². The number of hydrogen-bond donors (Lipinski definition) is 2. The molecule has 1 saturated carbocycles. The van der Waals surface area contributed by atoms with Crippen LogP contribution in [0, 0.1) is 25.7 Å². The molecule has 3 heterocycles. The molecular weight excluding hydrogens is 382 g/mol. The molecule has 4 rings (SSSR count). The summed E-state index contributed by atoms with van der Waals surface area (Å²) in [6.45, 7) is 9.80. The first-order valence-corrected chi connectivity index (χ1v) is 11.1. The molecule has 2 aliphatic rings. The molecule has 0 radical (unpaired) electrons. The van der Waals surface area contributed by atoms with Crippen molar-refractivity contribution in [1.82, 2.24) is 24.9 Å². The zero-order chi connectivity index (χ0) is 21.3. The summed E-state index contributed by atoms with van der Waals surface area (Å²) >= 11 is 0. The van der Waals surface area contributed by atoms with Gasteiger partial charge in [-0.3, -0.25) is 4.79 Å². The molecule has 1 saturated heterocycles. The van der Waals surface area contributed by atoms with E-state index in [1.807, 2.05) is 20.0 Å². The number of likely N-dealkylation sites (tertiary alicyclic amines) is 1. The molecule has 2 aromatic heterocycles. The Hall–Kier alpha value is -2.19. The summed E-state index contributed by atoms with van der Waals surface area (Å²) in [4.78, 5) is 19.5. The number of carbonyl (C=O) groups excluding carboxylic acids is 1. The first-order chi connectivity index (χ1) is 14.4. The van der Waals surface area contributed by atoms with Crippen LogP contribution < -0.4 is 5.32 Å². The topological polar surface area (TPSA) is 96.4 Å². The lowest BCUT2D eigenvalue weighted by Crippen LogP contribution is -2.49. The first-order valence-electron chi connectivity index (χ1n) is 11.1. The molecule has 8 nitrogen and oxygen atoms in total. The molecule has 0 bridgehead atoms. The van der Waals surface area contributed by atoms with Crippen LogP contribution in [-0.2, 0) is 24.2 Å². The van der Waals surface area contributed by atoms with Crippen molar-refractivity contribution < 1.29 is 14.4 Å². The van der Waals surface area contributed by atoms with Crippen molar-refractivity contribution in [1.29, 1.82) is 0 Å². The number of imidazole rings is 1. The van der Waals surface area contributed by atoms with E-state index in [2.05, 4.69) is 38.0 Å². The van der Waals surface area contributed by atoms with E-state index >= 15 is 0 Å². The summed E-state index contributed by atoms with van der Waals surface area (Å²) in [5, 5.41) is 17.6. The number of nitrogens with zero attached hydrogens (tertiary/aromatic N) is 4. The Kier molecular flexibility index (Phi) is 6.24. The van der Waals surface area contributed by atoms with Gasteiger partial charge in [0.2, 0.25) is 5.91 Å². The van der Waals surface area contributed by atoms with Gasteiger partial charge in [0, 0.05) is 50.6 Å². The highest BCUT2D eigenvalue weighted by Crippen LogP contribution is 2.36. The Bertz CT molecular complexity index is 857. The summed E-state index contributed by atoms with van der Waals surface area (Å²) in [5.41, 5.74) is 1.59. The van der Waals surface area contributed by atoms with E-state index in [0.717, 1.165) is 62.5 Å². The fraction of sp³-hybridized carbons (Fsp3) is 0.682. The fourth-order valence-corrected chi connectivity index (χ4v) is 5.15. The van der Waals surface area contributed by atoms with Crippen LogP contribution in [0.15, 0.2) is 16.9 Å². The second-order valence-corrected chi connectivity index (χ2v) is 8.86. The maximum atomic E-state index is 12.6. The molecule has 1 amide bonds. The molecular formula is C22H33N5O3. The number of rotatable bonds is 7. The second kappa shape index (κ2) is 8.89. The molecule has 164 valence electrons. The largest absolute Gasteiger partial charge is 0.391 e. The van der Waals surface area contributed by atoms with Gasteiger partial charge in [-0.2, -0.15) is 0 Å². The normalized spacial score (nSPS) is 26.7. The average molecular weight is 416 g/mol. The average Bonchev–Trinajstić information content (AvgIpc) is 3.41. The van der Waals surface area contributed by atoms with E-state index in [1.54, 1.807) is 0 Å². The molecule has 8 heteroatoms. The van der Waals surface area contributed by atoms with Crippen molar-refractivity contribution in [3.8, 4) is 0 Å². The Balaban J connectivity index is 1.29. The second-order valence-electron chi connectivity index (χ2n) is 8.86. The number of aryl methyl sites for hydroxylation is 3. The maximum Gasteiger partial charge on any atom is 0.224 e. The summed E-state index contributed by atoms with van der Waals surface area (Å²) in [5.74, 6) is 2.76. The smallest absolute Gasteiger partial charge is 0.224 e. The minimum Gasteiger partial charge on any atom is -0.391 e. The molecule has 1 aliphatic heterocycles. The van der Waals surface area contributed by atoms with Crippen LogP contribution in [0.5, 0.6) is 0 Å².